The van der Waals surface area contributed by atoms with Crippen molar-refractivity contribution in [2.45, 2.75) is 40.5 Å². The van der Waals surface area contributed by atoms with Crippen LogP contribution in [0.1, 0.15) is 48.2 Å². The highest BCUT2D eigenvalue weighted by atomic mass is 16.5. The Bertz CT molecular complexity index is 909. The largest absolute Gasteiger partial charge is 0.492 e. The van der Waals surface area contributed by atoms with Gasteiger partial charge < -0.3 is 10.1 Å². The lowest BCUT2D eigenvalue weighted by molar-refractivity contribution is -0.124. The van der Waals surface area contributed by atoms with Gasteiger partial charge in [0.25, 0.3) is 5.91 Å². The van der Waals surface area contributed by atoms with Crippen LogP contribution in [-0.4, -0.2) is 24.3 Å². The molecule has 0 bridgehead atoms. The second-order valence-electron chi connectivity index (χ2n) is 7.57. The molecule has 0 heterocycles. The highest BCUT2D eigenvalue weighted by Gasteiger charge is 2.14. The van der Waals surface area contributed by atoms with E-state index in [0.717, 1.165) is 16.8 Å². The average Bonchev–Trinajstić information content (AvgIpc) is 2.71. The summed E-state index contributed by atoms with van der Waals surface area (Å²) in [6, 6.07) is 12.5. The zero-order chi connectivity index (χ0) is 22.1. The van der Waals surface area contributed by atoms with Crippen LogP contribution < -0.4 is 20.9 Å². The third-order valence-electron chi connectivity index (χ3n) is 4.25. The summed E-state index contributed by atoms with van der Waals surface area (Å²) in [5.41, 5.74) is 7.81. The van der Waals surface area contributed by atoms with Crippen molar-refractivity contribution in [3.05, 3.63) is 59.2 Å². The van der Waals surface area contributed by atoms with Crippen LogP contribution in [0.5, 0.6) is 5.75 Å². The fourth-order valence-electron chi connectivity index (χ4n) is 2.69. The molecule has 2 aromatic rings. The Morgan fingerprint density at radius 3 is 2.33 bits per heavy atom. The first-order chi connectivity index (χ1) is 14.3. The Labute approximate surface area is 177 Å². The molecule has 0 atom stereocenters. The van der Waals surface area contributed by atoms with Gasteiger partial charge in [-0.25, -0.2) is 0 Å². The summed E-state index contributed by atoms with van der Waals surface area (Å²) in [4.78, 5) is 36.5. The van der Waals surface area contributed by atoms with Crippen LogP contribution in [0.3, 0.4) is 0 Å². The van der Waals surface area contributed by atoms with Crippen LogP contribution in [0, 0.1) is 19.8 Å². The molecule has 0 unspecified atom stereocenters. The quantitative estimate of drug-likeness (QED) is 0.579. The van der Waals surface area contributed by atoms with E-state index in [0.29, 0.717) is 23.8 Å². The lowest BCUT2D eigenvalue weighted by atomic mass is 10.1. The van der Waals surface area contributed by atoms with Gasteiger partial charge in [0.05, 0.1) is 12.2 Å². The number of carbonyl (C=O) groups is 3. The van der Waals surface area contributed by atoms with Crippen LogP contribution >= 0.6 is 0 Å². The van der Waals surface area contributed by atoms with Gasteiger partial charge in [-0.05, 0) is 43.5 Å². The topological polar surface area (TPSA) is 96.5 Å². The first-order valence-electron chi connectivity index (χ1n) is 9.94. The molecule has 7 heteroatoms. The molecule has 0 saturated carbocycles. The van der Waals surface area contributed by atoms with Crippen LogP contribution in [0.2, 0.25) is 0 Å². The Hall–Kier alpha value is -3.35. The lowest BCUT2D eigenvalue weighted by Crippen LogP contribution is -2.42. The maximum absolute atomic E-state index is 12.4. The molecular weight excluding hydrogens is 382 g/mol. The number of aryl methyl sites for hydroxylation is 2. The van der Waals surface area contributed by atoms with E-state index in [1.807, 2.05) is 45.9 Å². The van der Waals surface area contributed by atoms with Crippen molar-refractivity contribution < 1.29 is 19.1 Å². The van der Waals surface area contributed by atoms with E-state index in [1.54, 1.807) is 24.3 Å². The maximum atomic E-state index is 12.4. The van der Waals surface area contributed by atoms with Crippen molar-refractivity contribution in [3.63, 3.8) is 0 Å². The molecule has 2 aromatic carbocycles. The predicted octanol–water partition coefficient (Wildman–Crippen LogP) is 3.52. The van der Waals surface area contributed by atoms with E-state index in [2.05, 4.69) is 16.2 Å². The van der Waals surface area contributed by atoms with E-state index in [-0.39, 0.29) is 18.7 Å². The van der Waals surface area contributed by atoms with Gasteiger partial charge in [0.15, 0.2) is 0 Å². The molecule has 7 nitrogen and oxygen atoms in total. The van der Waals surface area contributed by atoms with Gasteiger partial charge >= 0.3 is 0 Å². The summed E-state index contributed by atoms with van der Waals surface area (Å²) in [5.74, 6) is -0.445. The average molecular weight is 412 g/mol. The molecule has 3 amide bonds. The molecule has 2 rings (SSSR count). The maximum Gasteiger partial charge on any atom is 0.273 e. The van der Waals surface area contributed by atoms with Crippen molar-refractivity contribution in [3.8, 4) is 5.75 Å². The number of rotatable bonds is 8. The van der Waals surface area contributed by atoms with Gasteiger partial charge in [0, 0.05) is 18.5 Å². The van der Waals surface area contributed by atoms with Crippen molar-refractivity contribution in [2.75, 3.05) is 11.9 Å². The Morgan fingerprint density at radius 1 is 0.933 bits per heavy atom. The third kappa shape index (κ3) is 7.24. The van der Waals surface area contributed by atoms with Crippen LogP contribution in [0.15, 0.2) is 42.5 Å². The Kier molecular flexibility index (Phi) is 8.41. The van der Waals surface area contributed by atoms with E-state index < -0.39 is 11.8 Å². The van der Waals surface area contributed by atoms with E-state index in [9.17, 15) is 14.4 Å². The summed E-state index contributed by atoms with van der Waals surface area (Å²) in [6.07, 6.45) is -0.0500. The second-order valence-corrected chi connectivity index (χ2v) is 7.57. The lowest BCUT2D eigenvalue weighted by Gasteiger charge is -2.13. The molecule has 0 saturated heterocycles. The number of ether oxygens (including phenoxy) is 1. The van der Waals surface area contributed by atoms with E-state index in [1.165, 1.54) is 0 Å². The van der Waals surface area contributed by atoms with Crippen molar-refractivity contribution in [1.29, 1.82) is 0 Å². The smallest absolute Gasteiger partial charge is 0.273 e. The number of para-hydroxylation sites is 1. The Morgan fingerprint density at radius 2 is 1.63 bits per heavy atom. The minimum Gasteiger partial charge on any atom is -0.492 e. The van der Waals surface area contributed by atoms with Gasteiger partial charge in [-0.1, -0.05) is 43.7 Å². The molecule has 0 aliphatic heterocycles. The highest BCUT2D eigenvalue weighted by molar-refractivity contribution is 5.98. The molecule has 0 fully saturated rings. The number of hydrogen-bond donors (Lipinski definition) is 3. The summed E-state index contributed by atoms with van der Waals surface area (Å²) < 4.78 is 5.65. The number of benzene rings is 2. The number of amides is 3. The first kappa shape index (κ1) is 22.9. The zero-order valence-corrected chi connectivity index (χ0v) is 17.9. The molecule has 0 aliphatic carbocycles. The predicted molar refractivity (Wildman–Crippen MR) is 116 cm³/mol. The first-order valence-corrected chi connectivity index (χ1v) is 9.94. The SMILES string of the molecule is Cc1ccc(NC(=O)CCC(=O)NNC(=O)c2ccccc2OCC(C)C)c(C)c1. The monoisotopic (exact) mass is 411 g/mol. The number of hydrogen-bond acceptors (Lipinski definition) is 4. The fraction of sp³-hybridized carbons (Fsp3) is 0.348. The highest BCUT2D eigenvalue weighted by Crippen LogP contribution is 2.18. The second kappa shape index (κ2) is 11.0. The van der Waals surface area contributed by atoms with Crippen molar-refractivity contribution in [1.82, 2.24) is 10.9 Å². The van der Waals surface area contributed by atoms with Gasteiger partial charge in [-0.3, -0.25) is 25.2 Å². The van der Waals surface area contributed by atoms with Crippen molar-refractivity contribution >= 4 is 23.4 Å². The number of carbonyl (C=O) groups excluding carboxylic acids is 3. The van der Waals surface area contributed by atoms with Crippen LogP contribution in [0.4, 0.5) is 5.69 Å². The molecule has 30 heavy (non-hydrogen) atoms. The van der Waals surface area contributed by atoms with E-state index >= 15 is 0 Å². The number of hydrazine groups is 1. The standard InChI is InChI=1S/C23H29N3O4/c1-15(2)14-30-20-8-6-5-7-18(20)23(29)26-25-22(28)12-11-21(27)24-19-10-9-16(3)13-17(19)4/h5-10,13,15H,11-12,14H2,1-4H3,(H,24,27)(H,25,28)(H,26,29). The molecule has 0 spiro atoms. The molecule has 160 valence electrons. The summed E-state index contributed by atoms with van der Waals surface area (Å²) in [7, 11) is 0. The molecule has 0 aromatic heterocycles. The molecular formula is C23H29N3O4. The summed E-state index contributed by atoms with van der Waals surface area (Å²) in [5, 5.41) is 2.79. The van der Waals surface area contributed by atoms with Crippen LogP contribution in [0.25, 0.3) is 0 Å². The number of nitrogens with one attached hydrogen (secondary N) is 3. The van der Waals surface area contributed by atoms with Gasteiger partial charge in [0.1, 0.15) is 5.75 Å². The third-order valence-corrected chi connectivity index (χ3v) is 4.25. The fourth-order valence-corrected chi connectivity index (χ4v) is 2.69. The van der Waals surface area contributed by atoms with Gasteiger partial charge in [-0.2, -0.15) is 0 Å². The summed E-state index contributed by atoms with van der Waals surface area (Å²) >= 11 is 0. The minimum atomic E-state index is -0.484. The van der Waals surface area contributed by atoms with Crippen LogP contribution in [-0.2, 0) is 9.59 Å². The summed E-state index contributed by atoms with van der Waals surface area (Å²) in [6.45, 7) is 8.39. The molecule has 0 radical (unpaired) electrons. The zero-order valence-electron chi connectivity index (χ0n) is 17.9. The van der Waals surface area contributed by atoms with Crippen molar-refractivity contribution in [2.24, 2.45) is 5.92 Å². The molecule has 3 N–H and O–H groups in total. The van der Waals surface area contributed by atoms with Gasteiger partial charge in [0.2, 0.25) is 11.8 Å². The normalized spacial score (nSPS) is 10.4. The van der Waals surface area contributed by atoms with Gasteiger partial charge in [-0.15, -0.1) is 0 Å². The number of anilines is 1. The minimum absolute atomic E-state index is 0.00308. The van der Waals surface area contributed by atoms with E-state index in [4.69, 9.17) is 4.74 Å². The molecule has 0 aliphatic rings. The Balaban J connectivity index is 1.80.